The zero-order chi connectivity index (χ0) is 16.7. The second-order valence-electron chi connectivity index (χ2n) is 6.05. The number of likely N-dealkylation sites (N-methyl/N-ethyl adjacent to an activating group) is 1. The van der Waals surface area contributed by atoms with Gasteiger partial charge in [-0.1, -0.05) is 19.1 Å². The van der Waals surface area contributed by atoms with Gasteiger partial charge in [0.25, 0.3) is 0 Å². The molecule has 136 valence electrons. The van der Waals surface area contributed by atoms with Crippen LogP contribution in [0.1, 0.15) is 30.9 Å². The Labute approximate surface area is 163 Å². The molecule has 1 aromatic rings. The third kappa shape index (κ3) is 5.81. The van der Waals surface area contributed by atoms with Crippen molar-refractivity contribution in [2.45, 2.75) is 39.3 Å². The predicted molar refractivity (Wildman–Crippen MR) is 112 cm³/mol. The highest BCUT2D eigenvalue weighted by Crippen LogP contribution is 2.19. The minimum atomic E-state index is 0. The van der Waals surface area contributed by atoms with Crippen LogP contribution < -0.4 is 15.4 Å². The van der Waals surface area contributed by atoms with Gasteiger partial charge in [0.2, 0.25) is 0 Å². The number of hydrogen-bond acceptors (Lipinski definition) is 3. The van der Waals surface area contributed by atoms with E-state index < -0.39 is 0 Å². The van der Waals surface area contributed by atoms with Crippen molar-refractivity contribution < 1.29 is 4.74 Å². The third-order valence-corrected chi connectivity index (χ3v) is 4.52. The van der Waals surface area contributed by atoms with E-state index in [1.54, 1.807) is 7.11 Å². The molecule has 1 heterocycles. The monoisotopic (exact) mass is 446 g/mol. The fraction of sp³-hybridized carbons (Fsp3) is 0.611. The molecule has 0 aromatic heterocycles. The van der Waals surface area contributed by atoms with E-state index in [4.69, 9.17) is 4.74 Å². The Kier molecular flexibility index (Phi) is 9.43. The van der Waals surface area contributed by atoms with Crippen molar-refractivity contribution in [2.24, 2.45) is 4.99 Å². The molecule has 0 amide bonds. The van der Waals surface area contributed by atoms with Crippen molar-refractivity contribution in [3.05, 3.63) is 29.3 Å². The zero-order valence-electron chi connectivity index (χ0n) is 15.3. The molecule has 0 aliphatic carbocycles. The molecule has 24 heavy (non-hydrogen) atoms. The van der Waals surface area contributed by atoms with Gasteiger partial charge in [-0.05, 0) is 44.5 Å². The number of likely N-dealkylation sites (tertiary alicyclic amines) is 1. The molecule has 1 saturated heterocycles. The lowest BCUT2D eigenvalue weighted by atomic mass is 10.1. The Hall–Kier alpha value is -1.02. The van der Waals surface area contributed by atoms with Crippen LogP contribution >= 0.6 is 24.0 Å². The molecule has 1 atom stereocenters. The second-order valence-corrected chi connectivity index (χ2v) is 6.05. The van der Waals surface area contributed by atoms with Gasteiger partial charge in [-0.3, -0.25) is 9.89 Å². The van der Waals surface area contributed by atoms with Crippen molar-refractivity contribution in [1.82, 2.24) is 15.5 Å². The maximum absolute atomic E-state index is 5.46. The molecule has 1 unspecified atom stereocenters. The number of halogens is 1. The number of aliphatic imine (C=N–C) groups is 1. The number of rotatable bonds is 6. The van der Waals surface area contributed by atoms with Gasteiger partial charge in [-0.25, -0.2) is 0 Å². The lowest BCUT2D eigenvalue weighted by Crippen LogP contribution is -2.44. The van der Waals surface area contributed by atoms with Crippen LogP contribution in [0.25, 0.3) is 0 Å². The quantitative estimate of drug-likeness (QED) is 0.401. The predicted octanol–water partition coefficient (Wildman–Crippen LogP) is 2.77. The van der Waals surface area contributed by atoms with Gasteiger partial charge in [0.15, 0.2) is 5.96 Å². The lowest BCUT2D eigenvalue weighted by molar-refractivity contribution is 0.267. The van der Waals surface area contributed by atoms with Gasteiger partial charge in [-0.15, -0.1) is 24.0 Å². The average Bonchev–Trinajstić information content (AvgIpc) is 3.03. The molecule has 2 rings (SSSR count). The number of methoxy groups -OCH3 is 1. The fourth-order valence-electron chi connectivity index (χ4n) is 3.15. The summed E-state index contributed by atoms with van der Waals surface area (Å²) in [6.45, 7) is 8.29. The smallest absolute Gasteiger partial charge is 0.191 e. The van der Waals surface area contributed by atoms with E-state index in [1.807, 2.05) is 7.05 Å². The summed E-state index contributed by atoms with van der Waals surface area (Å²) in [5, 5.41) is 6.83. The molecule has 1 aliphatic rings. The van der Waals surface area contributed by atoms with Crippen LogP contribution in [0.5, 0.6) is 5.75 Å². The summed E-state index contributed by atoms with van der Waals surface area (Å²) in [5.41, 5.74) is 2.34. The van der Waals surface area contributed by atoms with Crippen molar-refractivity contribution in [2.75, 3.05) is 33.8 Å². The van der Waals surface area contributed by atoms with E-state index in [0.29, 0.717) is 12.6 Å². The van der Waals surface area contributed by atoms with E-state index in [9.17, 15) is 0 Å². The van der Waals surface area contributed by atoms with Crippen LogP contribution in [0, 0.1) is 6.92 Å². The van der Waals surface area contributed by atoms with E-state index >= 15 is 0 Å². The van der Waals surface area contributed by atoms with Crippen LogP contribution in [0.3, 0.4) is 0 Å². The molecule has 2 N–H and O–H groups in total. The summed E-state index contributed by atoms with van der Waals surface area (Å²) in [7, 11) is 3.53. The van der Waals surface area contributed by atoms with Gasteiger partial charge >= 0.3 is 0 Å². The summed E-state index contributed by atoms with van der Waals surface area (Å²) in [5.74, 6) is 1.76. The normalized spacial score (nSPS) is 18.2. The summed E-state index contributed by atoms with van der Waals surface area (Å²) < 4.78 is 5.46. The average molecular weight is 446 g/mol. The minimum absolute atomic E-state index is 0. The molecule has 1 aromatic carbocycles. The van der Waals surface area contributed by atoms with Crippen LogP contribution in [0.2, 0.25) is 0 Å². The number of benzene rings is 1. The Morgan fingerprint density at radius 1 is 1.38 bits per heavy atom. The third-order valence-electron chi connectivity index (χ3n) is 4.52. The van der Waals surface area contributed by atoms with Crippen molar-refractivity contribution in [3.63, 3.8) is 0 Å². The molecule has 5 nitrogen and oxygen atoms in total. The summed E-state index contributed by atoms with van der Waals surface area (Å²) in [6.07, 6.45) is 2.57. The maximum Gasteiger partial charge on any atom is 0.191 e. The van der Waals surface area contributed by atoms with E-state index in [2.05, 4.69) is 52.6 Å². The number of guanidine groups is 1. The Bertz CT molecular complexity index is 536. The lowest BCUT2D eigenvalue weighted by Gasteiger charge is -2.24. The summed E-state index contributed by atoms with van der Waals surface area (Å²) in [4.78, 5) is 6.85. The molecule has 1 fully saturated rings. The molecule has 0 bridgehead atoms. The van der Waals surface area contributed by atoms with Gasteiger partial charge < -0.3 is 15.4 Å². The van der Waals surface area contributed by atoms with Crippen LogP contribution in [-0.4, -0.2) is 50.7 Å². The van der Waals surface area contributed by atoms with Crippen LogP contribution in [0.4, 0.5) is 0 Å². The molecule has 0 spiro atoms. The number of nitrogens with one attached hydrogen (secondary N) is 2. The largest absolute Gasteiger partial charge is 0.496 e. The van der Waals surface area contributed by atoms with Gasteiger partial charge in [0, 0.05) is 31.7 Å². The number of aryl methyl sites for hydroxylation is 1. The highest BCUT2D eigenvalue weighted by molar-refractivity contribution is 14.0. The molecule has 0 saturated carbocycles. The molecule has 6 heteroatoms. The van der Waals surface area contributed by atoms with Crippen molar-refractivity contribution >= 4 is 29.9 Å². The Morgan fingerprint density at radius 3 is 2.83 bits per heavy atom. The van der Waals surface area contributed by atoms with Crippen LogP contribution in [0.15, 0.2) is 23.2 Å². The first-order valence-corrected chi connectivity index (χ1v) is 8.50. The number of nitrogens with zero attached hydrogens (tertiary/aromatic N) is 2. The first kappa shape index (κ1) is 21.0. The first-order valence-electron chi connectivity index (χ1n) is 8.50. The topological polar surface area (TPSA) is 48.9 Å². The fourth-order valence-corrected chi connectivity index (χ4v) is 3.15. The van der Waals surface area contributed by atoms with Gasteiger partial charge in [-0.2, -0.15) is 0 Å². The summed E-state index contributed by atoms with van der Waals surface area (Å²) in [6, 6.07) is 6.88. The van der Waals surface area contributed by atoms with Gasteiger partial charge in [0.05, 0.1) is 7.11 Å². The Balaban J connectivity index is 0.00000288. The molecule has 0 radical (unpaired) electrons. The number of ether oxygens (including phenoxy) is 1. The summed E-state index contributed by atoms with van der Waals surface area (Å²) >= 11 is 0. The standard InChI is InChI=1S/C18H30N4O.HI/c1-5-22-10-6-7-16(22)13-21-18(19-3)20-12-15-9-8-14(2)11-17(15)23-4;/h8-9,11,16H,5-7,10,12-13H2,1-4H3,(H2,19,20,21);1H. The number of hydrogen-bond donors (Lipinski definition) is 2. The van der Waals surface area contributed by atoms with Gasteiger partial charge in [0.1, 0.15) is 5.75 Å². The zero-order valence-corrected chi connectivity index (χ0v) is 17.6. The van der Waals surface area contributed by atoms with E-state index in [0.717, 1.165) is 30.4 Å². The van der Waals surface area contributed by atoms with E-state index in [1.165, 1.54) is 24.9 Å². The highest BCUT2D eigenvalue weighted by atomic mass is 127. The first-order chi connectivity index (χ1) is 11.2. The minimum Gasteiger partial charge on any atom is -0.496 e. The molecular weight excluding hydrogens is 415 g/mol. The molecule has 1 aliphatic heterocycles. The molecular formula is C18H31IN4O. The Morgan fingerprint density at radius 2 is 2.17 bits per heavy atom. The highest BCUT2D eigenvalue weighted by Gasteiger charge is 2.22. The van der Waals surface area contributed by atoms with Crippen LogP contribution in [-0.2, 0) is 6.54 Å². The van der Waals surface area contributed by atoms with E-state index in [-0.39, 0.29) is 24.0 Å². The second kappa shape index (κ2) is 10.8. The van der Waals surface area contributed by atoms with Crippen molar-refractivity contribution in [1.29, 1.82) is 0 Å². The maximum atomic E-state index is 5.46. The SMILES string of the molecule is CCN1CCCC1CNC(=NC)NCc1ccc(C)cc1OC.I. The van der Waals surface area contributed by atoms with Crippen molar-refractivity contribution in [3.8, 4) is 5.75 Å².